The Morgan fingerprint density at radius 3 is 2.20 bits per heavy atom. The van der Waals surface area contributed by atoms with Gasteiger partial charge in [-0.15, -0.1) is 0 Å². The summed E-state index contributed by atoms with van der Waals surface area (Å²) < 4.78 is 10.8. The van der Waals surface area contributed by atoms with Crippen molar-refractivity contribution in [2.24, 2.45) is 4.99 Å². The van der Waals surface area contributed by atoms with Crippen LogP contribution in [-0.2, 0) is 9.53 Å². The Labute approximate surface area is 202 Å². The number of fused-ring (bicyclic) bond motifs is 2. The predicted octanol–water partition coefficient (Wildman–Crippen LogP) is 5.01. The molecular weight excluding hydrogens is 446 g/mol. The zero-order valence-corrected chi connectivity index (χ0v) is 19.5. The maximum absolute atomic E-state index is 13.1. The Morgan fingerprint density at radius 1 is 0.886 bits per heavy atom. The van der Waals surface area contributed by atoms with Gasteiger partial charge in [0.25, 0.3) is 0 Å². The standard InChI is InChI=1S/C28H23NO6/c1-4-34-23(30)15-14-22(29-25-16(2)8-7-9-17(25)3)35-21-13-12-20-24(28(21)33)27(32)19-11-6-5-10-18(19)26(20)31/h5-15,33H,4H2,1-3H3/b15-14+,29-22?. The van der Waals surface area contributed by atoms with Crippen LogP contribution in [0.2, 0.25) is 0 Å². The Balaban J connectivity index is 1.78. The lowest BCUT2D eigenvalue weighted by Crippen LogP contribution is -2.21. The number of benzene rings is 3. The Hall–Kier alpha value is -4.52. The number of aromatic hydroxyl groups is 1. The molecule has 0 fully saturated rings. The number of phenolic OH excluding ortho intramolecular Hbond substituents is 1. The minimum Gasteiger partial charge on any atom is -0.504 e. The van der Waals surface area contributed by atoms with E-state index in [4.69, 9.17) is 9.47 Å². The molecule has 0 aliphatic heterocycles. The third-order valence-electron chi connectivity index (χ3n) is 5.55. The average molecular weight is 469 g/mol. The van der Waals surface area contributed by atoms with E-state index in [1.807, 2.05) is 32.0 Å². The first kappa shape index (κ1) is 23.6. The number of esters is 1. The second-order valence-electron chi connectivity index (χ2n) is 7.92. The van der Waals surface area contributed by atoms with Gasteiger partial charge in [0, 0.05) is 28.8 Å². The predicted molar refractivity (Wildman–Crippen MR) is 131 cm³/mol. The molecule has 7 nitrogen and oxygen atoms in total. The highest BCUT2D eigenvalue weighted by Crippen LogP contribution is 2.39. The molecule has 4 rings (SSSR count). The molecule has 1 aliphatic carbocycles. The lowest BCUT2D eigenvalue weighted by molar-refractivity contribution is -0.137. The number of phenols is 1. The summed E-state index contributed by atoms with van der Waals surface area (Å²) in [5.41, 5.74) is 2.84. The Morgan fingerprint density at radius 2 is 1.54 bits per heavy atom. The van der Waals surface area contributed by atoms with E-state index >= 15 is 0 Å². The molecule has 35 heavy (non-hydrogen) atoms. The van der Waals surface area contributed by atoms with Crippen molar-refractivity contribution in [2.75, 3.05) is 6.61 Å². The van der Waals surface area contributed by atoms with Crippen LogP contribution in [-0.4, -0.2) is 35.1 Å². The zero-order valence-electron chi connectivity index (χ0n) is 19.5. The summed E-state index contributed by atoms with van der Waals surface area (Å²) >= 11 is 0. The summed E-state index contributed by atoms with van der Waals surface area (Å²) in [5, 5.41) is 11.0. The number of para-hydroxylation sites is 1. The number of carbonyl (C=O) groups is 3. The second-order valence-corrected chi connectivity index (χ2v) is 7.92. The zero-order chi connectivity index (χ0) is 25.1. The minimum atomic E-state index is -0.586. The molecule has 0 spiro atoms. The van der Waals surface area contributed by atoms with E-state index in [1.54, 1.807) is 31.2 Å². The number of ether oxygens (including phenoxy) is 2. The van der Waals surface area contributed by atoms with Gasteiger partial charge in [-0.25, -0.2) is 9.79 Å². The third-order valence-corrected chi connectivity index (χ3v) is 5.55. The van der Waals surface area contributed by atoms with Gasteiger partial charge in [-0.1, -0.05) is 42.5 Å². The van der Waals surface area contributed by atoms with Crippen molar-refractivity contribution in [1.29, 1.82) is 0 Å². The molecule has 3 aromatic rings. The van der Waals surface area contributed by atoms with E-state index in [0.717, 1.165) is 17.2 Å². The molecule has 1 aliphatic rings. The van der Waals surface area contributed by atoms with Gasteiger partial charge in [0.1, 0.15) is 0 Å². The van der Waals surface area contributed by atoms with E-state index in [1.165, 1.54) is 18.2 Å². The van der Waals surface area contributed by atoms with Crippen LogP contribution in [0.5, 0.6) is 11.5 Å². The molecule has 0 heterocycles. The molecule has 0 unspecified atom stereocenters. The lowest BCUT2D eigenvalue weighted by atomic mass is 9.83. The lowest BCUT2D eigenvalue weighted by Gasteiger charge is -2.19. The summed E-state index contributed by atoms with van der Waals surface area (Å²) in [5.74, 6) is -1.99. The molecule has 0 aromatic heterocycles. The van der Waals surface area contributed by atoms with Gasteiger partial charge in [0.05, 0.1) is 17.9 Å². The number of rotatable bonds is 5. The highest BCUT2D eigenvalue weighted by molar-refractivity contribution is 6.29. The highest BCUT2D eigenvalue weighted by atomic mass is 16.5. The van der Waals surface area contributed by atoms with Crippen molar-refractivity contribution in [1.82, 2.24) is 0 Å². The van der Waals surface area contributed by atoms with Gasteiger partial charge in [0.15, 0.2) is 23.1 Å². The number of hydrogen-bond acceptors (Lipinski definition) is 7. The molecule has 0 atom stereocenters. The summed E-state index contributed by atoms with van der Waals surface area (Å²) in [6, 6.07) is 15.0. The van der Waals surface area contributed by atoms with Crippen LogP contribution in [0.3, 0.4) is 0 Å². The van der Waals surface area contributed by atoms with Crippen LogP contribution < -0.4 is 4.74 Å². The second kappa shape index (κ2) is 9.77. The topological polar surface area (TPSA) is 102 Å². The van der Waals surface area contributed by atoms with Crippen molar-refractivity contribution in [3.05, 3.63) is 100 Å². The smallest absolute Gasteiger partial charge is 0.330 e. The van der Waals surface area contributed by atoms with Crippen LogP contribution in [0.15, 0.2) is 71.7 Å². The number of ketones is 2. The molecule has 0 amide bonds. The summed E-state index contributed by atoms with van der Waals surface area (Å²) in [4.78, 5) is 42.4. The van der Waals surface area contributed by atoms with Crippen LogP contribution in [0, 0.1) is 13.8 Å². The Bertz CT molecular complexity index is 1400. The molecule has 3 aromatic carbocycles. The molecule has 7 heteroatoms. The van der Waals surface area contributed by atoms with Crippen molar-refractivity contribution in [3.8, 4) is 11.5 Å². The molecule has 0 radical (unpaired) electrons. The number of aliphatic imine (C=N–C) groups is 1. The molecular formula is C28H23NO6. The van der Waals surface area contributed by atoms with Crippen molar-refractivity contribution >= 4 is 29.1 Å². The van der Waals surface area contributed by atoms with E-state index in [2.05, 4.69) is 4.99 Å². The molecule has 0 saturated carbocycles. The van der Waals surface area contributed by atoms with Gasteiger partial charge in [-0.05, 0) is 44.0 Å². The number of nitrogens with zero attached hydrogens (tertiary/aromatic N) is 1. The van der Waals surface area contributed by atoms with Gasteiger partial charge in [-0.2, -0.15) is 0 Å². The normalized spacial score (nSPS) is 12.9. The molecule has 0 saturated heterocycles. The number of aryl methyl sites for hydroxylation is 2. The number of hydrogen-bond donors (Lipinski definition) is 1. The fraction of sp³-hybridized carbons (Fsp3) is 0.143. The van der Waals surface area contributed by atoms with Gasteiger partial charge >= 0.3 is 5.97 Å². The van der Waals surface area contributed by atoms with E-state index in [9.17, 15) is 19.5 Å². The first-order valence-electron chi connectivity index (χ1n) is 11.0. The fourth-order valence-electron chi connectivity index (χ4n) is 3.86. The van der Waals surface area contributed by atoms with Crippen LogP contribution in [0.4, 0.5) is 5.69 Å². The summed E-state index contributed by atoms with van der Waals surface area (Å²) in [7, 11) is 0. The van der Waals surface area contributed by atoms with Crippen LogP contribution >= 0.6 is 0 Å². The van der Waals surface area contributed by atoms with Crippen molar-refractivity contribution in [2.45, 2.75) is 20.8 Å². The third kappa shape index (κ3) is 4.61. The highest BCUT2D eigenvalue weighted by Gasteiger charge is 2.33. The molecule has 0 bridgehead atoms. The van der Waals surface area contributed by atoms with Gasteiger partial charge in [0.2, 0.25) is 5.90 Å². The minimum absolute atomic E-state index is 0.0133. The Kier molecular flexibility index (Phi) is 6.59. The summed E-state index contributed by atoms with van der Waals surface area (Å²) in [6.07, 6.45) is 2.49. The maximum Gasteiger partial charge on any atom is 0.330 e. The maximum atomic E-state index is 13.1. The average Bonchev–Trinajstić information content (AvgIpc) is 2.84. The van der Waals surface area contributed by atoms with Crippen molar-refractivity contribution in [3.63, 3.8) is 0 Å². The first-order chi connectivity index (χ1) is 16.8. The van der Waals surface area contributed by atoms with E-state index in [0.29, 0.717) is 5.69 Å². The van der Waals surface area contributed by atoms with E-state index < -0.39 is 17.5 Å². The SMILES string of the molecule is CCOC(=O)/C=C/C(=Nc1c(C)cccc1C)Oc1ccc2c(c1O)C(=O)c1ccccc1C2=O. The van der Waals surface area contributed by atoms with Gasteiger partial charge in [-0.3, -0.25) is 9.59 Å². The largest absolute Gasteiger partial charge is 0.504 e. The first-order valence-corrected chi connectivity index (χ1v) is 11.0. The van der Waals surface area contributed by atoms with Crippen molar-refractivity contribution < 1.29 is 29.0 Å². The number of carbonyl (C=O) groups excluding carboxylic acids is 3. The summed E-state index contributed by atoms with van der Waals surface area (Å²) in [6.45, 7) is 5.67. The van der Waals surface area contributed by atoms with Crippen LogP contribution in [0.1, 0.15) is 49.9 Å². The fourth-order valence-corrected chi connectivity index (χ4v) is 3.86. The quantitative estimate of drug-likeness (QED) is 0.191. The van der Waals surface area contributed by atoms with Gasteiger partial charge < -0.3 is 14.6 Å². The molecule has 1 N–H and O–H groups in total. The van der Waals surface area contributed by atoms with Crippen LogP contribution in [0.25, 0.3) is 0 Å². The molecule has 176 valence electrons. The van der Waals surface area contributed by atoms with E-state index in [-0.39, 0.29) is 46.3 Å². The monoisotopic (exact) mass is 469 g/mol.